The monoisotopic (exact) mass is 370 g/mol. The van der Waals surface area contributed by atoms with Crippen LogP contribution in [-0.2, 0) is 10.2 Å². The quantitative estimate of drug-likeness (QED) is 0.868. The van der Waals surface area contributed by atoms with E-state index < -0.39 is 5.41 Å². The summed E-state index contributed by atoms with van der Waals surface area (Å²) in [7, 11) is 1.67. The zero-order chi connectivity index (χ0) is 19.4. The van der Waals surface area contributed by atoms with Gasteiger partial charge in [0, 0.05) is 24.7 Å². The molecular weight excluding hydrogens is 343 g/mol. The molecule has 2 aromatic carbocycles. The van der Waals surface area contributed by atoms with Gasteiger partial charge in [-0.25, -0.2) is 4.39 Å². The third-order valence-electron chi connectivity index (χ3n) is 5.30. The number of nitrogens with one attached hydrogen (secondary N) is 1. The number of hydrogen-bond donors (Lipinski definition) is 1. The second-order valence-electron chi connectivity index (χ2n) is 7.54. The lowest BCUT2D eigenvalue weighted by atomic mass is 9.83. The van der Waals surface area contributed by atoms with Crippen molar-refractivity contribution in [1.82, 2.24) is 5.32 Å². The van der Waals surface area contributed by atoms with Gasteiger partial charge in [-0.15, -0.1) is 0 Å². The molecule has 0 saturated carbocycles. The molecule has 0 bridgehead atoms. The highest BCUT2D eigenvalue weighted by Gasteiger charge is 2.34. The summed E-state index contributed by atoms with van der Waals surface area (Å²) in [4.78, 5) is 15.2. The van der Waals surface area contributed by atoms with Gasteiger partial charge in [-0.3, -0.25) is 4.79 Å². The van der Waals surface area contributed by atoms with E-state index in [0.717, 1.165) is 30.8 Å². The number of rotatable bonds is 5. The summed E-state index contributed by atoms with van der Waals surface area (Å²) in [6.07, 6.45) is 1.88. The molecule has 27 heavy (non-hydrogen) atoms. The van der Waals surface area contributed by atoms with Crippen LogP contribution in [0.15, 0.2) is 48.5 Å². The summed E-state index contributed by atoms with van der Waals surface area (Å²) in [5, 5.41) is 3.13. The number of amides is 1. The smallest absolute Gasteiger partial charge is 0.230 e. The molecule has 1 heterocycles. The lowest BCUT2D eigenvalue weighted by Gasteiger charge is -2.37. The third kappa shape index (κ3) is 4.07. The molecule has 0 spiro atoms. The van der Waals surface area contributed by atoms with Gasteiger partial charge >= 0.3 is 0 Å². The van der Waals surface area contributed by atoms with Gasteiger partial charge in [0.05, 0.1) is 18.2 Å². The zero-order valence-corrected chi connectivity index (χ0v) is 16.2. The topological polar surface area (TPSA) is 41.6 Å². The maximum atomic E-state index is 14.2. The molecule has 1 aliphatic rings. The molecule has 1 fully saturated rings. The minimum atomic E-state index is -0.932. The van der Waals surface area contributed by atoms with Crippen LogP contribution >= 0.6 is 0 Å². The van der Waals surface area contributed by atoms with E-state index in [1.807, 2.05) is 24.3 Å². The van der Waals surface area contributed by atoms with Gasteiger partial charge < -0.3 is 15.0 Å². The third-order valence-corrected chi connectivity index (χ3v) is 5.30. The number of para-hydroxylation sites is 2. The number of nitrogens with zero attached hydrogens (tertiary/aromatic N) is 1. The van der Waals surface area contributed by atoms with Gasteiger partial charge in [0.1, 0.15) is 11.6 Å². The molecule has 3 rings (SSSR count). The number of carbonyl (C=O) groups excluding carboxylic acids is 1. The standard InChI is InChI=1S/C22H27FN2O2/c1-22(2,17-10-4-5-11-18(17)23)21(26)24-16-9-8-14-25(15-16)19-12-6-7-13-20(19)27-3/h4-7,10-13,16H,8-9,14-15H2,1-3H3,(H,24,26). The van der Waals surface area contributed by atoms with Crippen LogP contribution in [-0.4, -0.2) is 32.1 Å². The first-order valence-electron chi connectivity index (χ1n) is 9.37. The summed E-state index contributed by atoms with van der Waals surface area (Å²) < 4.78 is 19.7. The number of benzene rings is 2. The van der Waals surface area contributed by atoms with Crippen LogP contribution in [0.2, 0.25) is 0 Å². The van der Waals surface area contributed by atoms with Gasteiger partial charge in [0.15, 0.2) is 0 Å². The van der Waals surface area contributed by atoms with E-state index in [1.54, 1.807) is 39.2 Å². The van der Waals surface area contributed by atoms with Gasteiger partial charge in [-0.2, -0.15) is 0 Å². The van der Waals surface area contributed by atoms with Crippen LogP contribution in [0.3, 0.4) is 0 Å². The van der Waals surface area contributed by atoms with Crippen molar-refractivity contribution >= 4 is 11.6 Å². The van der Waals surface area contributed by atoms with Crippen molar-refractivity contribution in [2.75, 3.05) is 25.1 Å². The predicted molar refractivity (Wildman–Crippen MR) is 106 cm³/mol. The number of halogens is 1. The van der Waals surface area contributed by atoms with Crippen LogP contribution in [0.25, 0.3) is 0 Å². The molecule has 5 heteroatoms. The maximum absolute atomic E-state index is 14.2. The summed E-state index contributed by atoms with van der Waals surface area (Å²) in [6, 6.07) is 14.4. The second-order valence-corrected chi connectivity index (χ2v) is 7.54. The Morgan fingerprint density at radius 1 is 1.19 bits per heavy atom. The highest BCUT2D eigenvalue weighted by Crippen LogP contribution is 2.31. The molecule has 0 radical (unpaired) electrons. The van der Waals surface area contributed by atoms with Crippen molar-refractivity contribution < 1.29 is 13.9 Å². The average molecular weight is 370 g/mol. The molecule has 2 aromatic rings. The van der Waals surface area contributed by atoms with E-state index in [9.17, 15) is 9.18 Å². The first-order valence-corrected chi connectivity index (χ1v) is 9.37. The Labute approximate surface area is 160 Å². The Balaban J connectivity index is 1.72. The van der Waals surface area contributed by atoms with Crippen LogP contribution < -0.4 is 15.0 Å². The molecule has 0 aliphatic carbocycles. The SMILES string of the molecule is COc1ccccc1N1CCCC(NC(=O)C(C)(C)c2ccccc2F)C1. The van der Waals surface area contributed by atoms with Crippen molar-refractivity contribution in [1.29, 1.82) is 0 Å². The molecule has 1 unspecified atom stereocenters. The normalized spacial score (nSPS) is 17.5. The second kappa shape index (κ2) is 7.99. The molecule has 1 N–H and O–H groups in total. The van der Waals surface area contributed by atoms with Gasteiger partial charge in [0.2, 0.25) is 5.91 Å². The fraction of sp³-hybridized carbons (Fsp3) is 0.409. The van der Waals surface area contributed by atoms with Crippen molar-refractivity contribution in [2.24, 2.45) is 0 Å². The van der Waals surface area contributed by atoms with Crippen LogP contribution in [0, 0.1) is 5.82 Å². The van der Waals surface area contributed by atoms with Crippen molar-refractivity contribution in [2.45, 2.75) is 38.1 Å². The molecular formula is C22H27FN2O2. The van der Waals surface area contributed by atoms with E-state index >= 15 is 0 Å². The van der Waals surface area contributed by atoms with E-state index in [-0.39, 0.29) is 17.8 Å². The fourth-order valence-corrected chi connectivity index (χ4v) is 3.66. The van der Waals surface area contributed by atoms with Crippen molar-refractivity contribution in [3.8, 4) is 5.75 Å². The molecule has 1 atom stereocenters. The Kier molecular flexibility index (Phi) is 5.68. The molecule has 4 nitrogen and oxygen atoms in total. The Bertz CT molecular complexity index is 806. The summed E-state index contributed by atoms with van der Waals surface area (Å²) in [5.41, 5.74) is 0.519. The van der Waals surface area contributed by atoms with Crippen LogP contribution in [0.5, 0.6) is 5.75 Å². The molecule has 0 aromatic heterocycles. The fourth-order valence-electron chi connectivity index (χ4n) is 3.66. The maximum Gasteiger partial charge on any atom is 0.230 e. The number of piperidine rings is 1. The van der Waals surface area contributed by atoms with E-state index in [4.69, 9.17) is 4.74 Å². The van der Waals surface area contributed by atoms with Crippen molar-refractivity contribution in [3.05, 3.63) is 59.9 Å². The summed E-state index contributed by atoms with van der Waals surface area (Å²) in [5.74, 6) is 0.326. The minimum Gasteiger partial charge on any atom is -0.495 e. The molecule has 1 aliphatic heterocycles. The highest BCUT2D eigenvalue weighted by molar-refractivity contribution is 5.87. The van der Waals surface area contributed by atoms with E-state index in [0.29, 0.717) is 12.1 Å². The highest BCUT2D eigenvalue weighted by atomic mass is 19.1. The largest absolute Gasteiger partial charge is 0.495 e. The first-order chi connectivity index (χ1) is 12.9. The number of carbonyl (C=O) groups is 1. The lowest BCUT2D eigenvalue weighted by Crippen LogP contribution is -2.52. The van der Waals surface area contributed by atoms with Crippen LogP contribution in [0.4, 0.5) is 10.1 Å². The Morgan fingerprint density at radius 2 is 1.89 bits per heavy atom. The number of ether oxygens (including phenoxy) is 1. The lowest BCUT2D eigenvalue weighted by molar-refractivity contribution is -0.126. The predicted octanol–water partition coefficient (Wildman–Crippen LogP) is 3.90. The van der Waals surface area contributed by atoms with Gasteiger partial charge in [0.25, 0.3) is 0 Å². The minimum absolute atomic E-state index is 0.0159. The Morgan fingerprint density at radius 3 is 2.63 bits per heavy atom. The first kappa shape index (κ1) is 19.2. The van der Waals surface area contributed by atoms with Gasteiger partial charge in [-0.05, 0) is 44.9 Å². The average Bonchev–Trinajstić information content (AvgIpc) is 2.68. The van der Waals surface area contributed by atoms with E-state index in [2.05, 4.69) is 10.2 Å². The van der Waals surface area contributed by atoms with Crippen molar-refractivity contribution in [3.63, 3.8) is 0 Å². The van der Waals surface area contributed by atoms with Gasteiger partial charge in [-0.1, -0.05) is 30.3 Å². The molecule has 144 valence electrons. The number of hydrogen-bond acceptors (Lipinski definition) is 3. The summed E-state index contributed by atoms with van der Waals surface area (Å²) >= 11 is 0. The Hall–Kier alpha value is -2.56. The molecule has 1 saturated heterocycles. The summed E-state index contributed by atoms with van der Waals surface area (Å²) in [6.45, 7) is 5.16. The van der Waals surface area contributed by atoms with Crippen LogP contribution in [0.1, 0.15) is 32.3 Å². The number of anilines is 1. The zero-order valence-electron chi connectivity index (χ0n) is 16.2. The van der Waals surface area contributed by atoms with E-state index in [1.165, 1.54) is 6.07 Å². The molecule has 1 amide bonds. The number of methoxy groups -OCH3 is 1.